The average Bonchev–Trinajstić information content (AvgIpc) is 3.30. The van der Waals surface area contributed by atoms with Gasteiger partial charge < -0.3 is 9.88 Å². The number of aromatic nitrogens is 1. The summed E-state index contributed by atoms with van der Waals surface area (Å²) in [4.78, 5) is 38.8. The first-order chi connectivity index (χ1) is 14.9. The van der Waals surface area contributed by atoms with Crippen molar-refractivity contribution >= 4 is 56.5 Å². The van der Waals surface area contributed by atoms with E-state index in [2.05, 4.69) is 21.2 Å². The third-order valence-corrected chi connectivity index (χ3v) is 6.11. The van der Waals surface area contributed by atoms with Crippen molar-refractivity contribution in [3.05, 3.63) is 87.5 Å². The number of anilines is 1. The lowest BCUT2D eigenvalue weighted by atomic mass is 10.2. The Kier molecular flexibility index (Phi) is 6.11. The van der Waals surface area contributed by atoms with E-state index in [9.17, 15) is 14.4 Å². The van der Waals surface area contributed by atoms with Crippen molar-refractivity contribution in [1.29, 1.82) is 0 Å². The van der Waals surface area contributed by atoms with E-state index in [0.29, 0.717) is 5.69 Å². The number of hydrogen-bond donors (Lipinski definition) is 1. The zero-order chi connectivity index (χ0) is 22.0. The van der Waals surface area contributed by atoms with Gasteiger partial charge in [-0.2, -0.15) is 0 Å². The van der Waals surface area contributed by atoms with Crippen LogP contribution in [-0.4, -0.2) is 33.1 Å². The van der Waals surface area contributed by atoms with Crippen molar-refractivity contribution < 1.29 is 14.4 Å². The van der Waals surface area contributed by atoms with Crippen LogP contribution in [-0.2, 0) is 9.59 Å². The highest BCUT2D eigenvalue weighted by atomic mass is 79.9. The standard InChI is InChI=1S/C23H18BrN3O3S/c1-15-4-8-17(9-5-15)25-21(28)14-27-22(29)20(31-23(27)30)13-19-3-2-12-26(19)18-10-6-16(24)7-11-18/h2-13H,14H2,1H3,(H,25,28). The van der Waals surface area contributed by atoms with Crippen molar-refractivity contribution in [2.45, 2.75) is 6.92 Å². The average molecular weight is 496 g/mol. The molecule has 1 aliphatic rings. The van der Waals surface area contributed by atoms with Crippen molar-refractivity contribution in [3.63, 3.8) is 0 Å². The molecule has 6 nitrogen and oxygen atoms in total. The van der Waals surface area contributed by atoms with Gasteiger partial charge in [0.25, 0.3) is 11.1 Å². The Balaban J connectivity index is 1.49. The van der Waals surface area contributed by atoms with Gasteiger partial charge in [-0.3, -0.25) is 19.3 Å². The number of benzene rings is 2. The number of carbonyl (C=O) groups excluding carboxylic acids is 3. The van der Waals surface area contributed by atoms with Gasteiger partial charge in [-0.05, 0) is 73.3 Å². The van der Waals surface area contributed by atoms with E-state index in [1.165, 1.54) is 0 Å². The van der Waals surface area contributed by atoms with E-state index in [-0.39, 0.29) is 11.4 Å². The first kappa shape index (κ1) is 21.1. The normalized spacial score (nSPS) is 15.0. The Morgan fingerprint density at radius 2 is 1.77 bits per heavy atom. The van der Waals surface area contributed by atoms with Gasteiger partial charge in [0.15, 0.2) is 0 Å². The maximum atomic E-state index is 12.8. The molecule has 0 radical (unpaired) electrons. The molecule has 31 heavy (non-hydrogen) atoms. The number of rotatable bonds is 5. The van der Waals surface area contributed by atoms with Gasteiger partial charge in [0.1, 0.15) is 6.54 Å². The Morgan fingerprint density at radius 1 is 1.06 bits per heavy atom. The molecule has 0 unspecified atom stereocenters. The second-order valence-electron chi connectivity index (χ2n) is 6.96. The van der Waals surface area contributed by atoms with Crippen molar-refractivity contribution in [2.24, 2.45) is 0 Å². The first-order valence-electron chi connectivity index (χ1n) is 9.46. The zero-order valence-electron chi connectivity index (χ0n) is 16.5. The van der Waals surface area contributed by atoms with Crippen LogP contribution in [0.4, 0.5) is 10.5 Å². The molecule has 0 saturated carbocycles. The van der Waals surface area contributed by atoms with Crippen LogP contribution in [0, 0.1) is 6.92 Å². The van der Waals surface area contributed by atoms with Crippen LogP contribution in [0.5, 0.6) is 0 Å². The number of aryl methyl sites for hydroxylation is 1. The molecule has 3 aromatic rings. The summed E-state index contributed by atoms with van der Waals surface area (Å²) in [6.45, 7) is 1.62. The molecule has 0 bridgehead atoms. The minimum atomic E-state index is -0.474. The number of thioether (sulfide) groups is 1. The lowest BCUT2D eigenvalue weighted by Crippen LogP contribution is -2.36. The third kappa shape index (κ3) is 4.81. The largest absolute Gasteiger partial charge is 0.325 e. The summed E-state index contributed by atoms with van der Waals surface area (Å²) in [5, 5.41) is 2.25. The maximum Gasteiger partial charge on any atom is 0.294 e. The summed E-state index contributed by atoms with van der Waals surface area (Å²) >= 11 is 4.25. The molecular formula is C23H18BrN3O3S. The van der Waals surface area contributed by atoms with E-state index >= 15 is 0 Å². The molecular weight excluding hydrogens is 478 g/mol. The van der Waals surface area contributed by atoms with Gasteiger partial charge in [0.05, 0.1) is 4.91 Å². The molecule has 2 heterocycles. The molecule has 1 aromatic heterocycles. The SMILES string of the molecule is Cc1ccc(NC(=O)CN2C(=O)SC(=Cc3cccn3-c3ccc(Br)cc3)C2=O)cc1. The first-order valence-corrected chi connectivity index (χ1v) is 11.1. The molecule has 1 saturated heterocycles. The number of imide groups is 1. The smallest absolute Gasteiger partial charge is 0.294 e. The lowest BCUT2D eigenvalue weighted by Gasteiger charge is -2.12. The summed E-state index contributed by atoms with van der Waals surface area (Å²) in [6, 6.07) is 18.8. The highest BCUT2D eigenvalue weighted by molar-refractivity contribution is 9.10. The number of hydrogen-bond acceptors (Lipinski definition) is 4. The predicted molar refractivity (Wildman–Crippen MR) is 126 cm³/mol. The summed E-state index contributed by atoms with van der Waals surface area (Å²) < 4.78 is 2.89. The van der Waals surface area contributed by atoms with Crippen LogP contribution in [0.2, 0.25) is 0 Å². The number of nitrogens with zero attached hydrogens (tertiary/aromatic N) is 2. The summed E-state index contributed by atoms with van der Waals surface area (Å²) in [7, 11) is 0. The Labute approximate surface area is 192 Å². The van der Waals surface area contributed by atoms with Crippen LogP contribution >= 0.6 is 27.7 Å². The van der Waals surface area contributed by atoms with Gasteiger partial charge in [-0.1, -0.05) is 33.6 Å². The second-order valence-corrected chi connectivity index (χ2v) is 8.87. The molecule has 3 amide bonds. The summed E-state index contributed by atoms with van der Waals surface area (Å²) in [6.07, 6.45) is 3.55. The van der Waals surface area contributed by atoms with Gasteiger partial charge in [0.2, 0.25) is 5.91 Å². The quantitative estimate of drug-likeness (QED) is 0.492. The van der Waals surface area contributed by atoms with Gasteiger partial charge in [-0.25, -0.2) is 0 Å². The highest BCUT2D eigenvalue weighted by Gasteiger charge is 2.36. The van der Waals surface area contributed by atoms with Gasteiger partial charge in [-0.15, -0.1) is 0 Å². The van der Waals surface area contributed by atoms with Crippen LogP contribution in [0.15, 0.2) is 76.2 Å². The second kappa shape index (κ2) is 8.95. The van der Waals surface area contributed by atoms with Crippen molar-refractivity contribution in [2.75, 3.05) is 11.9 Å². The van der Waals surface area contributed by atoms with Gasteiger partial charge >= 0.3 is 0 Å². The molecule has 2 aromatic carbocycles. The zero-order valence-corrected chi connectivity index (χ0v) is 18.9. The van der Waals surface area contributed by atoms with E-state index < -0.39 is 17.1 Å². The molecule has 0 spiro atoms. The molecule has 156 valence electrons. The van der Waals surface area contributed by atoms with Gasteiger partial charge in [0, 0.05) is 27.7 Å². The molecule has 0 aliphatic carbocycles. The minimum Gasteiger partial charge on any atom is -0.325 e. The molecule has 4 rings (SSSR count). The van der Waals surface area contributed by atoms with Crippen molar-refractivity contribution in [1.82, 2.24) is 9.47 Å². The van der Waals surface area contributed by atoms with Crippen LogP contribution in [0.25, 0.3) is 11.8 Å². The monoisotopic (exact) mass is 495 g/mol. The minimum absolute atomic E-state index is 0.283. The highest BCUT2D eigenvalue weighted by Crippen LogP contribution is 2.32. The van der Waals surface area contributed by atoms with Crippen LogP contribution in [0.3, 0.4) is 0 Å². The summed E-state index contributed by atoms with van der Waals surface area (Å²) in [5.74, 6) is -0.900. The number of nitrogens with one attached hydrogen (secondary N) is 1. The lowest BCUT2D eigenvalue weighted by molar-refractivity contribution is -0.127. The van der Waals surface area contributed by atoms with E-state index in [4.69, 9.17) is 0 Å². The molecule has 1 aliphatic heterocycles. The Morgan fingerprint density at radius 3 is 2.48 bits per heavy atom. The summed E-state index contributed by atoms with van der Waals surface area (Å²) in [5.41, 5.74) is 3.38. The maximum absolute atomic E-state index is 12.8. The molecule has 1 fully saturated rings. The fourth-order valence-corrected chi connectivity index (χ4v) is 4.19. The van der Waals surface area contributed by atoms with Crippen LogP contribution < -0.4 is 5.32 Å². The number of halogens is 1. The van der Waals surface area contributed by atoms with E-state index in [1.807, 2.05) is 66.2 Å². The van der Waals surface area contributed by atoms with E-state index in [0.717, 1.165) is 38.1 Å². The fourth-order valence-electron chi connectivity index (χ4n) is 3.10. The topological polar surface area (TPSA) is 71.4 Å². The Hall–Kier alpha value is -3.10. The third-order valence-electron chi connectivity index (χ3n) is 4.67. The predicted octanol–water partition coefficient (Wildman–Crippen LogP) is 5.22. The Bertz CT molecular complexity index is 1180. The molecule has 8 heteroatoms. The fraction of sp³-hybridized carbons (Fsp3) is 0.0870. The number of amides is 3. The van der Waals surface area contributed by atoms with Crippen molar-refractivity contribution in [3.8, 4) is 5.69 Å². The number of carbonyl (C=O) groups is 3. The molecule has 1 N–H and O–H groups in total. The van der Waals surface area contributed by atoms with E-state index in [1.54, 1.807) is 18.2 Å². The molecule has 0 atom stereocenters. The van der Waals surface area contributed by atoms with Crippen LogP contribution in [0.1, 0.15) is 11.3 Å².